The van der Waals surface area contributed by atoms with Crippen LogP contribution in [0.15, 0.2) is 4.42 Å². The molecule has 0 radical (unpaired) electrons. The first-order valence-electron chi connectivity index (χ1n) is 6.99. The van der Waals surface area contributed by atoms with Crippen LogP contribution < -0.4 is 10.6 Å². The van der Waals surface area contributed by atoms with Crippen LogP contribution in [0.4, 0.5) is 6.01 Å². The summed E-state index contributed by atoms with van der Waals surface area (Å²) in [5.74, 6) is 0.631. The molecular weight excluding hydrogens is 244 g/mol. The van der Waals surface area contributed by atoms with Crippen LogP contribution >= 0.6 is 0 Å². The second-order valence-corrected chi connectivity index (χ2v) is 5.32. The third kappa shape index (κ3) is 3.91. The van der Waals surface area contributed by atoms with Gasteiger partial charge in [0.05, 0.1) is 6.04 Å². The molecule has 0 bridgehead atoms. The lowest BCUT2D eigenvalue weighted by Crippen LogP contribution is -2.18. The maximum absolute atomic E-state index is 5.60. The molecule has 0 saturated heterocycles. The third-order valence-electron chi connectivity index (χ3n) is 3.73. The lowest BCUT2D eigenvalue weighted by atomic mass is 10.0. The largest absolute Gasteiger partial charge is 0.406 e. The Bertz CT molecular complexity index is 390. The van der Waals surface area contributed by atoms with E-state index in [1.165, 1.54) is 12.8 Å². The van der Waals surface area contributed by atoms with E-state index < -0.39 is 0 Å². The minimum absolute atomic E-state index is 0.0939. The number of aromatic nitrogens is 2. The highest BCUT2D eigenvalue weighted by Gasteiger charge is 2.42. The van der Waals surface area contributed by atoms with Crippen LogP contribution in [0.1, 0.15) is 45.0 Å². The van der Waals surface area contributed by atoms with Gasteiger partial charge in [-0.3, -0.25) is 0 Å². The molecule has 1 aliphatic rings. The molecule has 6 heteroatoms. The molecular formula is C13H24N4O2. The summed E-state index contributed by atoms with van der Waals surface area (Å²) in [6.45, 7) is 6.65. The minimum Gasteiger partial charge on any atom is -0.406 e. The van der Waals surface area contributed by atoms with E-state index in [1.54, 1.807) is 7.11 Å². The SMILES string of the molecule is CCNC(C)c1nnc(NCC2(CCOC)CC2)o1. The van der Waals surface area contributed by atoms with Crippen molar-refractivity contribution in [3.63, 3.8) is 0 Å². The van der Waals surface area contributed by atoms with Gasteiger partial charge < -0.3 is 19.8 Å². The number of ether oxygens (including phenoxy) is 1. The van der Waals surface area contributed by atoms with E-state index in [9.17, 15) is 0 Å². The zero-order valence-electron chi connectivity index (χ0n) is 12.0. The standard InChI is InChI=1S/C13H24N4O2/c1-4-14-10(2)11-16-17-12(19-11)15-9-13(5-6-13)7-8-18-3/h10,14H,4-9H2,1-3H3,(H,15,17). The van der Waals surface area contributed by atoms with Crippen molar-refractivity contribution in [2.75, 3.05) is 32.1 Å². The molecule has 1 aromatic heterocycles. The van der Waals surface area contributed by atoms with Gasteiger partial charge >= 0.3 is 6.01 Å². The fourth-order valence-corrected chi connectivity index (χ4v) is 2.15. The Kier molecular flexibility index (Phi) is 4.76. The van der Waals surface area contributed by atoms with Crippen LogP contribution in [0.2, 0.25) is 0 Å². The molecule has 108 valence electrons. The first-order valence-corrected chi connectivity index (χ1v) is 6.99. The predicted molar refractivity (Wildman–Crippen MR) is 73.0 cm³/mol. The number of hydrogen-bond donors (Lipinski definition) is 2. The summed E-state index contributed by atoms with van der Waals surface area (Å²) in [7, 11) is 1.75. The van der Waals surface area contributed by atoms with E-state index in [0.29, 0.717) is 17.3 Å². The summed E-state index contributed by atoms with van der Waals surface area (Å²) in [5.41, 5.74) is 0.373. The van der Waals surface area contributed by atoms with E-state index in [4.69, 9.17) is 9.15 Å². The van der Waals surface area contributed by atoms with Crippen molar-refractivity contribution in [3.05, 3.63) is 5.89 Å². The van der Waals surface area contributed by atoms with Crippen molar-refractivity contribution in [2.45, 2.75) is 39.2 Å². The first-order chi connectivity index (χ1) is 9.19. The highest BCUT2D eigenvalue weighted by Crippen LogP contribution is 2.48. The lowest BCUT2D eigenvalue weighted by Gasteiger charge is -2.14. The van der Waals surface area contributed by atoms with Crippen molar-refractivity contribution >= 4 is 6.01 Å². The zero-order chi connectivity index (χ0) is 13.7. The van der Waals surface area contributed by atoms with Gasteiger partial charge in [0.25, 0.3) is 0 Å². The van der Waals surface area contributed by atoms with Gasteiger partial charge in [-0.25, -0.2) is 0 Å². The normalized spacial score (nSPS) is 18.3. The second-order valence-electron chi connectivity index (χ2n) is 5.32. The number of nitrogens with one attached hydrogen (secondary N) is 2. The fourth-order valence-electron chi connectivity index (χ4n) is 2.15. The van der Waals surface area contributed by atoms with Crippen molar-refractivity contribution in [1.29, 1.82) is 0 Å². The first kappa shape index (κ1) is 14.3. The van der Waals surface area contributed by atoms with Crippen LogP contribution in [0.5, 0.6) is 0 Å². The Morgan fingerprint density at radius 3 is 2.84 bits per heavy atom. The van der Waals surface area contributed by atoms with Gasteiger partial charge in [-0.1, -0.05) is 12.0 Å². The third-order valence-corrected chi connectivity index (χ3v) is 3.73. The van der Waals surface area contributed by atoms with Gasteiger partial charge in [-0.2, -0.15) is 0 Å². The highest BCUT2D eigenvalue weighted by atomic mass is 16.5. The maximum Gasteiger partial charge on any atom is 0.315 e. The monoisotopic (exact) mass is 268 g/mol. The van der Waals surface area contributed by atoms with Crippen LogP contribution in [-0.2, 0) is 4.74 Å². The summed E-state index contributed by atoms with van der Waals surface area (Å²) in [5, 5.41) is 14.6. The summed E-state index contributed by atoms with van der Waals surface area (Å²) < 4.78 is 10.7. The number of hydrogen-bond acceptors (Lipinski definition) is 6. The van der Waals surface area contributed by atoms with E-state index in [2.05, 4.69) is 27.8 Å². The second kappa shape index (κ2) is 6.34. The Hall–Kier alpha value is -1.14. The van der Waals surface area contributed by atoms with E-state index in [0.717, 1.165) is 26.1 Å². The molecule has 19 heavy (non-hydrogen) atoms. The average Bonchev–Trinajstić information content (AvgIpc) is 3.02. The summed E-state index contributed by atoms with van der Waals surface area (Å²) >= 11 is 0. The molecule has 1 aromatic rings. The average molecular weight is 268 g/mol. The van der Waals surface area contributed by atoms with Crippen molar-refractivity contribution < 1.29 is 9.15 Å². The van der Waals surface area contributed by atoms with Gasteiger partial charge in [0.1, 0.15) is 0 Å². The Balaban J connectivity index is 1.80. The summed E-state index contributed by atoms with van der Waals surface area (Å²) in [4.78, 5) is 0. The molecule has 1 fully saturated rings. The van der Waals surface area contributed by atoms with Crippen LogP contribution in [0.3, 0.4) is 0 Å². The predicted octanol–water partition coefficient (Wildman–Crippen LogP) is 1.97. The number of anilines is 1. The van der Waals surface area contributed by atoms with E-state index >= 15 is 0 Å². The van der Waals surface area contributed by atoms with Gasteiger partial charge in [0.2, 0.25) is 5.89 Å². The fraction of sp³-hybridized carbons (Fsp3) is 0.846. The van der Waals surface area contributed by atoms with Crippen molar-refractivity contribution in [2.24, 2.45) is 5.41 Å². The molecule has 1 unspecified atom stereocenters. The molecule has 1 heterocycles. The molecule has 0 aromatic carbocycles. The highest BCUT2D eigenvalue weighted by molar-refractivity contribution is 5.20. The molecule has 6 nitrogen and oxygen atoms in total. The smallest absolute Gasteiger partial charge is 0.315 e. The number of rotatable bonds is 9. The zero-order valence-corrected chi connectivity index (χ0v) is 12.0. The topological polar surface area (TPSA) is 72.2 Å². The minimum atomic E-state index is 0.0939. The summed E-state index contributed by atoms with van der Waals surface area (Å²) in [6, 6.07) is 0.611. The molecule has 0 spiro atoms. The number of nitrogens with zero attached hydrogens (tertiary/aromatic N) is 2. The Morgan fingerprint density at radius 1 is 1.42 bits per heavy atom. The Labute approximate surface area is 114 Å². The maximum atomic E-state index is 5.60. The molecule has 2 rings (SSSR count). The van der Waals surface area contributed by atoms with Crippen molar-refractivity contribution in [3.8, 4) is 0 Å². The van der Waals surface area contributed by atoms with E-state index in [-0.39, 0.29) is 6.04 Å². The van der Waals surface area contributed by atoms with Gasteiger partial charge in [-0.15, -0.1) is 5.10 Å². The lowest BCUT2D eigenvalue weighted by molar-refractivity contribution is 0.174. The van der Waals surface area contributed by atoms with Crippen molar-refractivity contribution in [1.82, 2.24) is 15.5 Å². The summed E-state index contributed by atoms with van der Waals surface area (Å²) in [6.07, 6.45) is 3.58. The molecule has 1 atom stereocenters. The van der Waals surface area contributed by atoms with Crippen LogP contribution in [0, 0.1) is 5.41 Å². The van der Waals surface area contributed by atoms with Gasteiger partial charge in [-0.05, 0) is 38.1 Å². The molecule has 2 N–H and O–H groups in total. The van der Waals surface area contributed by atoms with Gasteiger partial charge in [0, 0.05) is 20.3 Å². The Morgan fingerprint density at radius 2 is 2.21 bits per heavy atom. The number of methoxy groups -OCH3 is 1. The quantitative estimate of drug-likeness (QED) is 0.713. The van der Waals surface area contributed by atoms with Gasteiger partial charge in [0.15, 0.2) is 0 Å². The van der Waals surface area contributed by atoms with Crippen LogP contribution in [-0.4, -0.2) is 37.0 Å². The molecule has 1 saturated carbocycles. The molecule has 0 amide bonds. The molecule has 1 aliphatic carbocycles. The van der Waals surface area contributed by atoms with Crippen LogP contribution in [0.25, 0.3) is 0 Å². The molecule has 0 aliphatic heterocycles. The van der Waals surface area contributed by atoms with E-state index in [1.807, 2.05) is 6.92 Å².